The van der Waals surface area contributed by atoms with E-state index >= 15 is 8.78 Å². The highest BCUT2D eigenvalue weighted by Crippen LogP contribution is 2.43. The third kappa shape index (κ3) is 6.72. The van der Waals surface area contributed by atoms with Gasteiger partial charge in [0.1, 0.15) is 17.7 Å². The minimum absolute atomic E-state index is 0.0350. The van der Waals surface area contributed by atoms with Crippen molar-refractivity contribution in [2.24, 2.45) is 5.92 Å². The number of aliphatic carboxylic acids is 1. The summed E-state index contributed by atoms with van der Waals surface area (Å²) in [7, 11) is -2.22. The van der Waals surface area contributed by atoms with E-state index in [1.54, 1.807) is 20.8 Å². The summed E-state index contributed by atoms with van der Waals surface area (Å²) in [5, 5.41) is 9.96. The van der Waals surface area contributed by atoms with Crippen molar-refractivity contribution in [3.05, 3.63) is 35.4 Å². The Morgan fingerprint density at radius 2 is 1.64 bits per heavy atom. The van der Waals surface area contributed by atoms with Crippen LogP contribution in [-0.2, 0) is 14.0 Å². The maximum absolute atomic E-state index is 15.1. The lowest BCUT2D eigenvalue weighted by Crippen LogP contribution is -2.63. The molecular formula is C27H44F2N2O4Si. The lowest BCUT2D eigenvalue weighted by atomic mass is 9.90. The molecule has 0 aliphatic carbocycles. The third-order valence-electron chi connectivity index (χ3n) is 7.55. The van der Waals surface area contributed by atoms with Gasteiger partial charge in [0, 0.05) is 36.7 Å². The first-order chi connectivity index (χ1) is 16.3. The standard InChI is InChI=1S/C27H44F2N2O4Si/c1-17(2)24(32)31-18(3)15-30(16-22(31)25(33)34)21(23-19(28)12-11-13-20(23)29)14-27(7,8)35-36(9,10)26(4,5)6/h11-13,17-18,21-22H,14-16H2,1-10H3,(H,33,34)/t18-,21-,22-/m1/s1. The molecule has 0 unspecified atom stereocenters. The highest BCUT2D eigenvalue weighted by atomic mass is 28.4. The highest BCUT2D eigenvalue weighted by Gasteiger charge is 2.46. The van der Waals surface area contributed by atoms with Gasteiger partial charge in [-0.05, 0) is 57.5 Å². The molecule has 0 radical (unpaired) electrons. The quantitative estimate of drug-likeness (QED) is 0.431. The number of carboxylic acids is 1. The van der Waals surface area contributed by atoms with Crippen molar-refractivity contribution < 1.29 is 27.9 Å². The fourth-order valence-corrected chi connectivity index (χ4v) is 6.60. The number of piperazine rings is 1. The lowest BCUT2D eigenvalue weighted by Gasteiger charge is -2.49. The molecule has 1 aliphatic rings. The smallest absolute Gasteiger partial charge is 0.327 e. The summed E-state index contributed by atoms with van der Waals surface area (Å²) in [5.41, 5.74) is -0.834. The van der Waals surface area contributed by atoms with Gasteiger partial charge < -0.3 is 14.4 Å². The van der Waals surface area contributed by atoms with Crippen LogP contribution in [0.5, 0.6) is 0 Å². The van der Waals surface area contributed by atoms with Crippen molar-refractivity contribution in [2.75, 3.05) is 13.1 Å². The molecule has 9 heteroatoms. The zero-order valence-corrected chi connectivity index (χ0v) is 24.5. The fraction of sp³-hybridized carbons (Fsp3) is 0.704. The van der Waals surface area contributed by atoms with Gasteiger partial charge in [0.25, 0.3) is 0 Å². The molecule has 1 amide bonds. The molecule has 1 saturated heterocycles. The van der Waals surface area contributed by atoms with Crippen molar-refractivity contribution in [1.29, 1.82) is 0 Å². The van der Waals surface area contributed by atoms with Crippen molar-refractivity contribution in [3.8, 4) is 0 Å². The molecule has 1 aromatic carbocycles. The molecule has 2 rings (SSSR count). The number of hydrogen-bond acceptors (Lipinski definition) is 4. The molecule has 6 nitrogen and oxygen atoms in total. The second kappa shape index (κ2) is 10.9. The minimum Gasteiger partial charge on any atom is -0.480 e. The Kier molecular flexibility index (Phi) is 9.18. The van der Waals surface area contributed by atoms with Gasteiger partial charge in [0.15, 0.2) is 8.32 Å². The van der Waals surface area contributed by atoms with E-state index in [1.807, 2.05) is 18.7 Å². The average Bonchev–Trinajstić information content (AvgIpc) is 2.69. The molecule has 0 bridgehead atoms. The minimum atomic E-state index is -2.22. The summed E-state index contributed by atoms with van der Waals surface area (Å²) in [5.74, 6) is -3.10. The predicted molar refractivity (Wildman–Crippen MR) is 140 cm³/mol. The van der Waals surface area contributed by atoms with Crippen molar-refractivity contribution in [1.82, 2.24) is 9.80 Å². The number of carbonyl (C=O) groups is 2. The summed E-state index contributed by atoms with van der Waals surface area (Å²) in [6.07, 6.45) is 0.258. The first kappa shape index (κ1) is 30.4. The number of rotatable bonds is 8. The Morgan fingerprint density at radius 1 is 1.11 bits per heavy atom. The number of halogens is 2. The van der Waals surface area contributed by atoms with Crippen LogP contribution in [0.15, 0.2) is 18.2 Å². The molecule has 0 aromatic heterocycles. The van der Waals surface area contributed by atoms with E-state index in [0.29, 0.717) is 0 Å². The zero-order valence-electron chi connectivity index (χ0n) is 23.5. The zero-order chi connectivity index (χ0) is 27.8. The predicted octanol–water partition coefficient (Wildman–Crippen LogP) is 5.84. The Bertz CT molecular complexity index is 941. The van der Waals surface area contributed by atoms with E-state index in [0.717, 1.165) is 0 Å². The van der Waals surface area contributed by atoms with Gasteiger partial charge in [0.05, 0.1) is 5.60 Å². The van der Waals surface area contributed by atoms with Gasteiger partial charge in [-0.15, -0.1) is 0 Å². The fourth-order valence-electron chi connectivity index (χ4n) is 4.83. The van der Waals surface area contributed by atoms with Crippen LogP contribution >= 0.6 is 0 Å². The summed E-state index contributed by atoms with van der Waals surface area (Å²) < 4.78 is 37.0. The molecule has 1 aromatic rings. The molecule has 1 heterocycles. The summed E-state index contributed by atoms with van der Waals surface area (Å²) >= 11 is 0. The summed E-state index contributed by atoms with van der Waals surface area (Å²) in [6, 6.07) is 1.44. The van der Waals surface area contributed by atoms with Crippen LogP contribution in [0.3, 0.4) is 0 Å². The number of nitrogens with zero attached hydrogens (tertiary/aromatic N) is 2. The van der Waals surface area contributed by atoms with Crippen molar-refractivity contribution in [3.63, 3.8) is 0 Å². The van der Waals surface area contributed by atoms with Crippen LogP contribution in [0.2, 0.25) is 18.1 Å². The van der Waals surface area contributed by atoms with Crippen LogP contribution < -0.4 is 0 Å². The van der Waals surface area contributed by atoms with E-state index in [1.165, 1.54) is 23.1 Å². The summed E-state index contributed by atoms with van der Waals surface area (Å²) in [4.78, 5) is 28.4. The number of hydrogen-bond donors (Lipinski definition) is 1. The molecule has 0 saturated carbocycles. The Hall–Kier alpha value is -1.84. The largest absolute Gasteiger partial charge is 0.480 e. The van der Waals surface area contributed by atoms with Gasteiger partial charge in [-0.3, -0.25) is 9.69 Å². The van der Waals surface area contributed by atoms with E-state index in [4.69, 9.17) is 4.43 Å². The monoisotopic (exact) mass is 526 g/mol. The second-order valence-corrected chi connectivity index (χ2v) is 17.3. The van der Waals surface area contributed by atoms with Crippen molar-refractivity contribution >= 4 is 20.2 Å². The SMILES string of the molecule is CC(C)C(=O)N1[C@H](C)CN([C@H](CC(C)(C)O[Si](C)(C)C(C)(C)C)c2c(F)cccc2F)C[C@@H]1C(=O)O. The molecule has 3 atom stereocenters. The molecular weight excluding hydrogens is 482 g/mol. The number of carbonyl (C=O) groups excluding carboxylic acids is 1. The molecule has 1 N–H and O–H groups in total. The van der Waals surface area contributed by atoms with Crippen LogP contribution in [0.1, 0.15) is 73.4 Å². The van der Waals surface area contributed by atoms with Crippen LogP contribution in [0, 0.1) is 17.6 Å². The van der Waals surface area contributed by atoms with E-state index in [2.05, 4.69) is 33.9 Å². The third-order valence-corrected chi connectivity index (χ3v) is 12.2. The van der Waals surface area contributed by atoms with Gasteiger partial charge in [-0.2, -0.15) is 0 Å². The number of benzene rings is 1. The van der Waals surface area contributed by atoms with Gasteiger partial charge in [-0.25, -0.2) is 13.6 Å². The summed E-state index contributed by atoms with van der Waals surface area (Å²) in [6.45, 7) is 20.0. The lowest BCUT2D eigenvalue weighted by molar-refractivity contribution is -0.160. The average molecular weight is 527 g/mol. The molecule has 0 spiro atoms. The Labute approximate surface area is 216 Å². The van der Waals surface area contributed by atoms with E-state index < -0.39 is 49.6 Å². The highest BCUT2D eigenvalue weighted by molar-refractivity contribution is 6.74. The molecule has 36 heavy (non-hydrogen) atoms. The van der Waals surface area contributed by atoms with Crippen LogP contribution in [0.25, 0.3) is 0 Å². The van der Waals surface area contributed by atoms with Gasteiger partial charge in [-0.1, -0.05) is 40.7 Å². The van der Waals surface area contributed by atoms with E-state index in [9.17, 15) is 14.7 Å². The number of amides is 1. The first-order valence-corrected chi connectivity index (χ1v) is 15.6. The van der Waals surface area contributed by atoms with Gasteiger partial charge in [0.2, 0.25) is 5.91 Å². The first-order valence-electron chi connectivity index (χ1n) is 12.7. The topological polar surface area (TPSA) is 70.1 Å². The molecule has 1 aliphatic heterocycles. The van der Waals surface area contributed by atoms with E-state index in [-0.39, 0.29) is 41.9 Å². The normalized spacial score (nSPS) is 21.1. The van der Waals surface area contributed by atoms with Gasteiger partial charge >= 0.3 is 5.97 Å². The van der Waals surface area contributed by atoms with Crippen LogP contribution in [-0.4, -0.2) is 65.9 Å². The number of carboxylic acid groups (broad SMARTS) is 1. The Balaban J connectivity index is 2.53. The van der Waals surface area contributed by atoms with Crippen molar-refractivity contribution in [2.45, 2.75) is 104 Å². The second-order valence-electron chi connectivity index (χ2n) is 12.5. The Morgan fingerprint density at radius 3 is 2.08 bits per heavy atom. The maximum Gasteiger partial charge on any atom is 0.327 e. The molecule has 1 fully saturated rings. The van der Waals surface area contributed by atoms with Crippen LogP contribution in [0.4, 0.5) is 8.78 Å². The maximum atomic E-state index is 15.1. The molecule has 204 valence electrons.